The summed E-state index contributed by atoms with van der Waals surface area (Å²) in [6.07, 6.45) is 4.78. The lowest BCUT2D eigenvalue weighted by molar-refractivity contribution is 0.0208. The summed E-state index contributed by atoms with van der Waals surface area (Å²) < 4.78 is 11.1. The molecule has 1 aliphatic heterocycles. The number of phenolic OH excluding ortho intramolecular Hbond substituents is 1. The summed E-state index contributed by atoms with van der Waals surface area (Å²) >= 11 is 0. The molecule has 0 radical (unpaired) electrons. The molecule has 1 fully saturated rings. The zero-order chi connectivity index (χ0) is 18.2. The number of hydrogen-bond donors (Lipinski definition) is 1. The van der Waals surface area contributed by atoms with Gasteiger partial charge in [-0.3, -0.25) is 4.90 Å². The van der Waals surface area contributed by atoms with E-state index in [1.807, 2.05) is 6.92 Å². The number of hydrogen-bond acceptors (Lipinski definition) is 5. The minimum absolute atomic E-state index is 0.0748. The Bertz CT molecular complexity index is 555. The van der Waals surface area contributed by atoms with Crippen molar-refractivity contribution >= 4 is 5.97 Å². The molecule has 2 rings (SSSR count). The number of nitrogens with zero attached hydrogens (tertiary/aromatic N) is 1. The third-order valence-corrected chi connectivity index (χ3v) is 5.03. The highest BCUT2D eigenvalue weighted by molar-refractivity contribution is 5.92. The average molecular weight is 349 g/mol. The van der Waals surface area contributed by atoms with Crippen LogP contribution in [0.5, 0.6) is 11.5 Å². The highest BCUT2D eigenvalue weighted by Crippen LogP contribution is 2.26. The van der Waals surface area contributed by atoms with Crippen LogP contribution >= 0.6 is 0 Å². The molecule has 0 spiro atoms. The van der Waals surface area contributed by atoms with Crippen LogP contribution in [0, 0.1) is 5.92 Å². The molecular weight excluding hydrogens is 318 g/mol. The second-order valence-electron chi connectivity index (χ2n) is 6.76. The van der Waals surface area contributed by atoms with E-state index in [1.165, 1.54) is 31.4 Å². The van der Waals surface area contributed by atoms with Crippen molar-refractivity contribution in [2.75, 3.05) is 26.3 Å². The van der Waals surface area contributed by atoms with Gasteiger partial charge in [0.25, 0.3) is 0 Å². The van der Waals surface area contributed by atoms with Crippen molar-refractivity contribution in [1.29, 1.82) is 0 Å². The van der Waals surface area contributed by atoms with E-state index in [9.17, 15) is 9.90 Å². The molecule has 1 heterocycles. The molecule has 1 saturated heterocycles. The Balaban J connectivity index is 2.05. The molecule has 0 aromatic heterocycles. The standard InChI is InChI=1S/C20H31NO4/c1-4-15(3)18(21-11-7-6-8-12-21)14-25-20(23)17-10-9-16(22)13-19(17)24-5-2/h9-10,13,15,18,22H,4-8,11-12,14H2,1-3H3/t15?,18-/m1/s1. The summed E-state index contributed by atoms with van der Waals surface area (Å²) in [6.45, 7) is 9.21. The van der Waals surface area contributed by atoms with E-state index in [0.717, 1.165) is 19.5 Å². The van der Waals surface area contributed by atoms with Gasteiger partial charge >= 0.3 is 5.97 Å². The fraction of sp³-hybridized carbons (Fsp3) is 0.650. The number of piperidine rings is 1. The van der Waals surface area contributed by atoms with Crippen LogP contribution in [0.1, 0.15) is 56.8 Å². The number of carbonyl (C=O) groups excluding carboxylic acids is 1. The smallest absolute Gasteiger partial charge is 0.341 e. The molecule has 0 amide bonds. The molecule has 1 aliphatic rings. The van der Waals surface area contributed by atoms with E-state index in [1.54, 1.807) is 6.07 Å². The summed E-state index contributed by atoms with van der Waals surface area (Å²) in [6, 6.07) is 4.75. The van der Waals surface area contributed by atoms with Crippen molar-refractivity contribution in [1.82, 2.24) is 4.90 Å². The van der Waals surface area contributed by atoms with Gasteiger partial charge in [0.1, 0.15) is 23.7 Å². The van der Waals surface area contributed by atoms with Gasteiger partial charge in [0.2, 0.25) is 0 Å². The van der Waals surface area contributed by atoms with Gasteiger partial charge in [0.05, 0.1) is 6.61 Å². The monoisotopic (exact) mass is 349 g/mol. The first-order valence-electron chi connectivity index (χ1n) is 9.43. The molecule has 1 N–H and O–H groups in total. The topological polar surface area (TPSA) is 59.0 Å². The highest BCUT2D eigenvalue weighted by atomic mass is 16.5. The van der Waals surface area contributed by atoms with E-state index in [2.05, 4.69) is 18.7 Å². The summed E-state index contributed by atoms with van der Waals surface area (Å²) in [5.74, 6) is 0.516. The third-order valence-electron chi connectivity index (χ3n) is 5.03. The zero-order valence-electron chi connectivity index (χ0n) is 15.7. The van der Waals surface area contributed by atoms with E-state index >= 15 is 0 Å². The van der Waals surface area contributed by atoms with Crippen LogP contribution in [0.4, 0.5) is 0 Å². The second-order valence-corrected chi connectivity index (χ2v) is 6.76. The number of ether oxygens (including phenoxy) is 2. The summed E-state index contributed by atoms with van der Waals surface area (Å²) in [7, 11) is 0. The van der Waals surface area contributed by atoms with Gasteiger partial charge < -0.3 is 14.6 Å². The Morgan fingerprint density at radius 2 is 1.96 bits per heavy atom. The van der Waals surface area contributed by atoms with Gasteiger partial charge in [0, 0.05) is 12.1 Å². The first-order valence-corrected chi connectivity index (χ1v) is 9.43. The van der Waals surface area contributed by atoms with Crippen LogP contribution in [-0.4, -0.2) is 48.3 Å². The van der Waals surface area contributed by atoms with Crippen molar-refractivity contribution in [3.05, 3.63) is 23.8 Å². The molecule has 5 nitrogen and oxygen atoms in total. The SMILES string of the molecule is CCOc1cc(O)ccc1C(=O)OC[C@H](C(C)CC)N1CCCCC1. The molecule has 5 heteroatoms. The van der Waals surface area contributed by atoms with Gasteiger partial charge in [0.15, 0.2) is 0 Å². The largest absolute Gasteiger partial charge is 0.508 e. The lowest BCUT2D eigenvalue weighted by Crippen LogP contribution is -2.46. The third kappa shape index (κ3) is 5.36. The van der Waals surface area contributed by atoms with Crippen LogP contribution < -0.4 is 4.74 Å². The quantitative estimate of drug-likeness (QED) is 0.723. The van der Waals surface area contributed by atoms with Gasteiger partial charge in [-0.05, 0) is 50.9 Å². The molecule has 25 heavy (non-hydrogen) atoms. The summed E-state index contributed by atoms with van der Waals surface area (Å²) in [5, 5.41) is 9.60. The maximum atomic E-state index is 12.5. The van der Waals surface area contributed by atoms with E-state index in [-0.39, 0.29) is 11.8 Å². The van der Waals surface area contributed by atoms with Crippen molar-refractivity contribution in [3.8, 4) is 11.5 Å². The lowest BCUT2D eigenvalue weighted by atomic mass is 9.96. The molecular formula is C20H31NO4. The maximum absolute atomic E-state index is 12.5. The summed E-state index contributed by atoms with van der Waals surface area (Å²) in [5.41, 5.74) is 0.362. The Morgan fingerprint density at radius 1 is 1.24 bits per heavy atom. The van der Waals surface area contributed by atoms with Crippen LogP contribution in [0.3, 0.4) is 0 Å². The predicted molar refractivity (Wildman–Crippen MR) is 98.2 cm³/mol. The van der Waals surface area contributed by atoms with Gasteiger partial charge in [-0.25, -0.2) is 4.79 Å². The van der Waals surface area contributed by atoms with Gasteiger partial charge in [-0.2, -0.15) is 0 Å². The van der Waals surface area contributed by atoms with Crippen LogP contribution in [0.2, 0.25) is 0 Å². The molecule has 1 unspecified atom stereocenters. The molecule has 2 atom stereocenters. The Hall–Kier alpha value is -1.75. The lowest BCUT2D eigenvalue weighted by Gasteiger charge is -2.37. The zero-order valence-corrected chi connectivity index (χ0v) is 15.7. The fourth-order valence-electron chi connectivity index (χ4n) is 3.35. The fourth-order valence-corrected chi connectivity index (χ4v) is 3.35. The normalized spacial score (nSPS) is 17.7. The van der Waals surface area contributed by atoms with Crippen LogP contribution in [0.25, 0.3) is 0 Å². The molecule has 0 saturated carbocycles. The first kappa shape index (κ1) is 19.6. The Morgan fingerprint density at radius 3 is 2.60 bits per heavy atom. The number of esters is 1. The molecule has 140 valence electrons. The minimum atomic E-state index is -0.395. The second kappa shape index (κ2) is 9.66. The molecule has 1 aromatic rings. The number of phenols is 1. The van der Waals surface area contributed by atoms with Crippen molar-refractivity contribution < 1.29 is 19.4 Å². The molecule has 0 aliphatic carbocycles. The first-order chi connectivity index (χ1) is 12.1. The number of aromatic hydroxyl groups is 1. The Labute approximate surface area is 150 Å². The Kier molecular flexibility index (Phi) is 7.56. The minimum Gasteiger partial charge on any atom is -0.508 e. The maximum Gasteiger partial charge on any atom is 0.341 e. The molecule has 0 bridgehead atoms. The van der Waals surface area contributed by atoms with Crippen molar-refractivity contribution in [3.63, 3.8) is 0 Å². The number of benzene rings is 1. The van der Waals surface area contributed by atoms with Gasteiger partial charge in [-0.15, -0.1) is 0 Å². The van der Waals surface area contributed by atoms with E-state index in [0.29, 0.717) is 30.4 Å². The molecule has 1 aromatic carbocycles. The van der Waals surface area contributed by atoms with E-state index < -0.39 is 5.97 Å². The van der Waals surface area contributed by atoms with Gasteiger partial charge in [-0.1, -0.05) is 26.7 Å². The number of likely N-dealkylation sites (tertiary alicyclic amines) is 1. The summed E-state index contributed by atoms with van der Waals surface area (Å²) in [4.78, 5) is 15.0. The predicted octanol–water partition coefficient (Wildman–Crippen LogP) is 3.85. The number of rotatable bonds is 8. The van der Waals surface area contributed by atoms with Crippen LogP contribution in [-0.2, 0) is 4.74 Å². The van der Waals surface area contributed by atoms with E-state index in [4.69, 9.17) is 9.47 Å². The highest BCUT2D eigenvalue weighted by Gasteiger charge is 2.27. The number of carbonyl (C=O) groups is 1. The van der Waals surface area contributed by atoms with Crippen LogP contribution in [0.15, 0.2) is 18.2 Å². The van der Waals surface area contributed by atoms with Crippen molar-refractivity contribution in [2.24, 2.45) is 5.92 Å². The average Bonchev–Trinajstić information content (AvgIpc) is 2.62. The van der Waals surface area contributed by atoms with Crippen molar-refractivity contribution in [2.45, 2.75) is 52.5 Å².